The van der Waals surface area contributed by atoms with Gasteiger partial charge < -0.3 is 14.5 Å². The Balaban J connectivity index is 2.77. The van der Waals surface area contributed by atoms with Crippen molar-refractivity contribution < 1.29 is 9.47 Å². The van der Waals surface area contributed by atoms with E-state index in [1.807, 2.05) is 6.07 Å². The number of hydrogen-bond acceptors (Lipinski definition) is 4. The van der Waals surface area contributed by atoms with E-state index < -0.39 is 0 Å². The molecule has 1 heterocycles. The van der Waals surface area contributed by atoms with Gasteiger partial charge >= 0.3 is 0 Å². The molecule has 2 rings (SSSR count). The Labute approximate surface area is 104 Å². The zero-order valence-corrected chi connectivity index (χ0v) is 10.5. The van der Waals surface area contributed by atoms with Crippen LogP contribution in [-0.4, -0.2) is 24.2 Å². The molecule has 1 aromatic heterocycles. The number of aromatic amines is 1. The van der Waals surface area contributed by atoms with Crippen LogP contribution in [0.15, 0.2) is 29.3 Å². The Hall–Kier alpha value is -2.30. The van der Waals surface area contributed by atoms with Crippen LogP contribution in [0.3, 0.4) is 0 Å². The van der Waals surface area contributed by atoms with Crippen molar-refractivity contribution in [3.8, 4) is 22.8 Å². The Kier molecular flexibility index (Phi) is 3.32. The van der Waals surface area contributed by atoms with Crippen LogP contribution < -0.4 is 15.0 Å². The first kappa shape index (κ1) is 12.2. The Morgan fingerprint density at radius 1 is 1.17 bits per heavy atom. The molecule has 5 nitrogen and oxygen atoms in total. The van der Waals surface area contributed by atoms with Gasteiger partial charge in [-0.05, 0) is 19.1 Å². The van der Waals surface area contributed by atoms with Crippen molar-refractivity contribution in [2.75, 3.05) is 14.2 Å². The van der Waals surface area contributed by atoms with Crippen molar-refractivity contribution in [3.63, 3.8) is 0 Å². The van der Waals surface area contributed by atoms with Crippen LogP contribution in [-0.2, 0) is 0 Å². The Morgan fingerprint density at radius 2 is 1.78 bits per heavy atom. The second kappa shape index (κ2) is 4.91. The number of nitrogens with one attached hydrogen (secondary N) is 1. The summed E-state index contributed by atoms with van der Waals surface area (Å²) in [5, 5.41) is 0. The largest absolute Gasteiger partial charge is 0.496 e. The molecule has 0 spiro atoms. The lowest BCUT2D eigenvalue weighted by molar-refractivity contribution is 0.397. The molecule has 0 unspecified atom stereocenters. The molecule has 0 aliphatic heterocycles. The third-order valence-corrected chi connectivity index (χ3v) is 2.75. The van der Waals surface area contributed by atoms with E-state index in [1.54, 1.807) is 33.3 Å². The standard InChI is InChI=1S/C13H14N2O3/c1-8-12(14-7-15-13(8)16)11-9(17-2)5-4-6-10(11)18-3/h4-7H,1-3H3,(H,14,15,16). The summed E-state index contributed by atoms with van der Waals surface area (Å²) in [5.74, 6) is 1.24. The maximum atomic E-state index is 11.6. The molecule has 0 bridgehead atoms. The summed E-state index contributed by atoms with van der Waals surface area (Å²) in [4.78, 5) is 18.4. The van der Waals surface area contributed by atoms with Gasteiger partial charge in [0.2, 0.25) is 0 Å². The molecule has 1 N–H and O–H groups in total. The van der Waals surface area contributed by atoms with Gasteiger partial charge in [0.1, 0.15) is 11.5 Å². The molecule has 1 aromatic carbocycles. The van der Waals surface area contributed by atoms with Gasteiger partial charge in [0.05, 0.1) is 31.8 Å². The molecule has 0 radical (unpaired) electrons. The molecule has 2 aromatic rings. The van der Waals surface area contributed by atoms with Crippen molar-refractivity contribution in [2.45, 2.75) is 6.92 Å². The summed E-state index contributed by atoms with van der Waals surface area (Å²) in [6, 6.07) is 5.43. The van der Waals surface area contributed by atoms with E-state index in [2.05, 4.69) is 9.97 Å². The highest BCUT2D eigenvalue weighted by atomic mass is 16.5. The zero-order chi connectivity index (χ0) is 13.1. The molecule has 18 heavy (non-hydrogen) atoms. The Morgan fingerprint density at radius 3 is 2.33 bits per heavy atom. The first-order valence-corrected chi connectivity index (χ1v) is 5.44. The Bertz CT molecular complexity index is 598. The summed E-state index contributed by atoms with van der Waals surface area (Å²) < 4.78 is 10.6. The lowest BCUT2D eigenvalue weighted by Gasteiger charge is -2.13. The molecule has 0 fully saturated rings. The predicted molar refractivity (Wildman–Crippen MR) is 68.1 cm³/mol. The van der Waals surface area contributed by atoms with Crippen LogP contribution in [0.2, 0.25) is 0 Å². The van der Waals surface area contributed by atoms with Gasteiger partial charge in [0.15, 0.2) is 0 Å². The normalized spacial score (nSPS) is 10.2. The van der Waals surface area contributed by atoms with Crippen molar-refractivity contribution in [1.29, 1.82) is 0 Å². The number of ether oxygens (including phenoxy) is 2. The first-order valence-electron chi connectivity index (χ1n) is 5.44. The van der Waals surface area contributed by atoms with E-state index in [-0.39, 0.29) is 5.56 Å². The van der Waals surface area contributed by atoms with Crippen molar-refractivity contribution in [1.82, 2.24) is 9.97 Å². The van der Waals surface area contributed by atoms with Crippen LogP contribution >= 0.6 is 0 Å². The number of aromatic nitrogens is 2. The number of benzene rings is 1. The van der Waals surface area contributed by atoms with E-state index in [1.165, 1.54) is 6.33 Å². The van der Waals surface area contributed by atoms with Crippen LogP contribution in [0.5, 0.6) is 11.5 Å². The molecular formula is C13H14N2O3. The maximum Gasteiger partial charge on any atom is 0.254 e. The van der Waals surface area contributed by atoms with Crippen molar-refractivity contribution in [2.24, 2.45) is 0 Å². The summed E-state index contributed by atoms with van der Waals surface area (Å²) in [5.41, 5.74) is 1.60. The molecule has 0 saturated heterocycles. The molecule has 0 amide bonds. The van der Waals surface area contributed by atoms with Gasteiger partial charge in [-0.25, -0.2) is 4.98 Å². The molecule has 0 saturated carbocycles. The van der Waals surface area contributed by atoms with Gasteiger partial charge in [0.25, 0.3) is 5.56 Å². The van der Waals surface area contributed by atoms with Gasteiger partial charge in [-0.1, -0.05) is 6.07 Å². The van der Waals surface area contributed by atoms with Crippen LogP contribution in [0.4, 0.5) is 0 Å². The minimum atomic E-state index is -0.173. The van der Waals surface area contributed by atoms with E-state index in [0.29, 0.717) is 28.3 Å². The highest BCUT2D eigenvalue weighted by molar-refractivity contribution is 5.75. The lowest BCUT2D eigenvalue weighted by atomic mass is 10.1. The van der Waals surface area contributed by atoms with E-state index in [0.717, 1.165) is 0 Å². The average Bonchev–Trinajstić information content (AvgIpc) is 2.41. The highest BCUT2D eigenvalue weighted by Gasteiger charge is 2.16. The number of methoxy groups -OCH3 is 2. The molecule has 0 aliphatic carbocycles. The number of nitrogens with zero attached hydrogens (tertiary/aromatic N) is 1. The van der Waals surface area contributed by atoms with E-state index in [4.69, 9.17) is 9.47 Å². The fourth-order valence-electron chi connectivity index (χ4n) is 1.80. The minimum absolute atomic E-state index is 0.173. The summed E-state index contributed by atoms with van der Waals surface area (Å²) in [7, 11) is 3.14. The van der Waals surface area contributed by atoms with Crippen LogP contribution in [0.1, 0.15) is 5.56 Å². The summed E-state index contributed by atoms with van der Waals surface area (Å²) >= 11 is 0. The number of rotatable bonds is 3. The third kappa shape index (κ3) is 1.95. The third-order valence-electron chi connectivity index (χ3n) is 2.75. The minimum Gasteiger partial charge on any atom is -0.496 e. The van der Waals surface area contributed by atoms with Gasteiger partial charge in [-0.3, -0.25) is 4.79 Å². The van der Waals surface area contributed by atoms with Gasteiger partial charge in [-0.15, -0.1) is 0 Å². The van der Waals surface area contributed by atoms with E-state index >= 15 is 0 Å². The van der Waals surface area contributed by atoms with Gasteiger partial charge in [-0.2, -0.15) is 0 Å². The van der Waals surface area contributed by atoms with Crippen molar-refractivity contribution >= 4 is 0 Å². The van der Waals surface area contributed by atoms with Crippen LogP contribution in [0, 0.1) is 6.92 Å². The van der Waals surface area contributed by atoms with Crippen molar-refractivity contribution in [3.05, 3.63) is 40.4 Å². The smallest absolute Gasteiger partial charge is 0.254 e. The fraction of sp³-hybridized carbons (Fsp3) is 0.231. The van der Waals surface area contributed by atoms with Gasteiger partial charge in [0, 0.05) is 5.56 Å². The topological polar surface area (TPSA) is 64.2 Å². The summed E-state index contributed by atoms with van der Waals surface area (Å²) in [6.07, 6.45) is 1.37. The van der Waals surface area contributed by atoms with E-state index in [9.17, 15) is 4.79 Å². The quantitative estimate of drug-likeness (QED) is 0.896. The predicted octanol–water partition coefficient (Wildman–Crippen LogP) is 1.76. The molecule has 0 aliphatic rings. The molecule has 94 valence electrons. The second-order valence-electron chi connectivity index (χ2n) is 3.74. The average molecular weight is 246 g/mol. The fourth-order valence-corrected chi connectivity index (χ4v) is 1.80. The first-order chi connectivity index (χ1) is 8.69. The monoisotopic (exact) mass is 246 g/mol. The summed E-state index contributed by atoms with van der Waals surface area (Å²) in [6.45, 7) is 1.72. The SMILES string of the molecule is COc1cccc(OC)c1-c1nc[nH]c(=O)c1C. The lowest BCUT2D eigenvalue weighted by Crippen LogP contribution is -2.12. The second-order valence-corrected chi connectivity index (χ2v) is 3.74. The molecule has 0 atom stereocenters. The highest BCUT2D eigenvalue weighted by Crippen LogP contribution is 2.37. The molecular weight excluding hydrogens is 232 g/mol. The maximum absolute atomic E-state index is 11.6. The molecule has 5 heteroatoms. The number of H-pyrrole nitrogens is 1. The zero-order valence-electron chi connectivity index (χ0n) is 10.5. The van der Waals surface area contributed by atoms with Crippen LogP contribution in [0.25, 0.3) is 11.3 Å². The number of hydrogen-bond donors (Lipinski definition) is 1.